The van der Waals surface area contributed by atoms with Crippen LogP contribution in [0, 0.1) is 0 Å². The van der Waals surface area contributed by atoms with Crippen molar-refractivity contribution in [3.63, 3.8) is 0 Å². The summed E-state index contributed by atoms with van der Waals surface area (Å²) in [6.07, 6.45) is -1.50. The van der Waals surface area contributed by atoms with Gasteiger partial charge in [-0.25, -0.2) is 4.79 Å². The van der Waals surface area contributed by atoms with Gasteiger partial charge >= 0.3 is 5.69 Å². The second kappa shape index (κ2) is 5.18. The first-order valence-electron chi connectivity index (χ1n) is 7.73. The normalized spacial score (nSPS) is 32.4. The molecular formula is C14H19N5O5. The summed E-state index contributed by atoms with van der Waals surface area (Å²) in [5.41, 5.74) is -1.13. The second-order valence-corrected chi connectivity index (χ2v) is 6.30. The maximum Gasteiger partial charge on any atom is 0.348 e. The monoisotopic (exact) mass is 337 g/mol. The van der Waals surface area contributed by atoms with Crippen molar-refractivity contribution in [1.82, 2.24) is 14.5 Å². The minimum Gasteiger partial charge on any atom is -0.394 e. The highest BCUT2D eigenvalue weighted by Crippen LogP contribution is 2.42. The first-order chi connectivity index (χ1) is 11.4. The van der Waals surface area contributed by atoms with Gasteiger partial charge in [0.15, 0.2) is 11.9 Å². The molecule has 4 atom stereocenters. The first kappa shape index (κ1) is 15.4. The van der Waals surface area contributed by atoms with Gasteiger partial charge in [0, 0.05) is 19.3 Å². The lowest BCUT2D eigenvalue weighted by atomic mass is 9.96. The Kier molecular flexibility index (Phi) is 3.32. The van der Waals surface area contributed by atoms with E-state index in [2.05, 4.69) is 20.6 Å². The Morgan fingerprint density at radius 2 is 2.21 bits per heavy atom. The van der Waals surface area contributed by atoms with Crippen molar-refractivity contribution in [3.8, 4) is 0 Å². The first-order valence-corrected chi connectivity index (χ1v) is 7.73. The van der Waals surface area contributed by atoms with E-state index in [-0.39, 0.29) is 0 Å². The number of rotatable bonds is 2. The maximum atomic E-state index is 11.9. The minimum atomic E-state index is -1.65. The molecule has 0 spiro atoms. The van der Waals surface area contributed by atoms with Gasteiger partial charge in [-0.15, -0.1) is 0 Å². The van der Waals surface area contributed by atoms with Crippen molar-refractivity contribution in [3.05, 3.63) is 16.7 Å². The predicted octanol–water partition coefficient (Wildman–Crippen LogP) is -1.44. The van der Waals surface area contributed by atoms with Crippen LogP contribution in [0.5, 0.6) is 0 Å². The highest BCUT2D eigenvalue weighted by molar-refractivity contribution is 5.99. The summed E-state index contributed by atoms with van der Waals surface area (Å²) in [5.74, 6) is 0.542. The van der Waals surface area contributed by atoms with E-state index in [1.165, 1.54) is 11.5 Å². The topological polar surface area (TPSA) is 145 Å². The average molecular weight is 337 g/mol. The van der Waals surface area contributed by atoms with Crippen molar-refractivity contribution < 1.29 is 20.1 Å². The number of aromatic nitrogens is 3. The number of hydrogen-bond acceptors (Lipinski definition) is 8. The summed E-state index contributed by atoms with van der Waals surface area (Å²) in [6.45, 7) is 2.26. The average Bonchev–Trinajstić information content (AvgIpc) is 2.89. The molecule has 2 aromatic rings. The molecule has 10 nitrogen and oxygen atoms in total. The van der Waals surface area contributed by atoms with E-state index >= 15 is 0 Å². The zero-order valence-corrected chi connectivity index (χ0v) is 13.0. The standard InChI is InChI=1S/C14H19N5O5/c1-14(23)9(21)7(5-20)24-12(14)19-4-6-8-10(16-3-2-15-6)17-13(22)18-11(8)19/h4,7,9,12,15,20-21,23H,2-3,5H2,1H3,(H2,16,17,18,22)/t7-,9-,12-,14-/m1/s1. The number of hydrogen-bond donors (Lipinski definition) is 6. The van der Waals surface area contributed by atoms with Crippen LogP contribution < -0.4 is 16.3 Å². The predicted molar refractivity (Wildman–Crippen MR) is 85.0 cm³/mol. The molecule has 24 heavy (non-hydrogen) atoms. The maximum absolute atomic E-state index is 11.9. The molecule has 10 heteroatoms. The van der Waals surface area contributed by atoms with Crippen LogP contribution in [0.2, 0.25) is 0 Å². The molecule has 0 unspecified atom stereocenters. The lowest BCUT2D eigenvalue weighted by molar-refractivity contribution is -0.0948. The molecule has 4 rings (SSSR count). The van der Waals surface area contributed by atoms with E-state index < -0.39 is 36.3 Å². The van der Waals surface area contributed by atoms with E-state index in [9.17, 15) is 20.1 Å². The quantitative estimate of drug-likeness (QED) is 0.391. The lowest BCUT2D eigenvalue weighted by Gasteiger charge is -2.27. The summed E-state index contributed by atoms with van der Waals surface area (Å²) in [7, 11) is 0. The fourth-order valence-electron chi connectivity index (χ4n) is 3.39. The SMILES string of the molecule is C[C@@]1(O)[C@H](O)[C@@H](CO)O[C@H]1n1cc2c3c([nH]c(=O)nc31)NCCN2. The van der Waals surface area contributed by atoms with Crippen LogP contribution in [-0.2, 0) is 4.74 Å². The van der Waals surface area contributed by atoms with Gasteiger partial charge < -0.3 is 35.3 Å². The molecule has 0 radical (unpaired) electrons. The van der Waals surface area contributed by atoms with Crippen LogP contribution in [0.3, 0.4) is 0 Å². The third-order valence-corrected chi connectivity index (χ3v) is 4.62. The number of H-pyrrole nitrogens is 1. The summed E-state index contributed by atoms with van der Waals surface area (Å²) in [5, 5.41) is 37.2. The molecule has 1 saturated heterocycles. The van der Waals surface area contributed by atoms with Crippen molar-refractivity contribution in [2.75, 3.05) is 30.3 Å². The number of nitrogens with one attached hydrogen (secondary N) is 3. The fourth-order valence-corrected chi connectivity index (χ4v) is 3.39. The van der Waals surface area contributed by atoms with E-state index in [0.717, 1.165) is 5.69 Å². The van der Waals surface area contributed by atoms with Gasteiger partial charge in [0.2, 0.25) is 0 Å². The molecule has 0 amide bonds. The Morgan fingerprint density at radius 1 is 1.46 bits per heavy atom. The third kappa shape index (κ3) is 2.04. The highest BCUT2D eigenvalue weighted by Gasteiger charge is 2.53. The largest absolute Gasteiger partial charge is 0.394 e. The highest BCUT2D eigenvalue weighted by atomic mass is 16.6. The van der Waals surface area contributed by atoms with Crippen molar-refractivity contribution >= 4 is 22.5 Å². The van der Waals surface area contributed by atoms with E-state index in [4.69, 9.17) is 4.74 Å². The zero-order valence-electron chi connectivity index (χ0n) is 13.0. The minimum absolute atomic E-state index is 0.321. The number of anilines is 2. The van der Waals surface area contributed by atoms with Gasteiger partial charge in [0.25, 0.3) is 0 Å². The zero-order chi connectivity index (χ0) is 17.1. The molecule has 2 aromatic heterocycles. The summed E-state index contributed by atoms with van der Waals surface area (Å²) in [4.78, 5) is 18.6. The van der Waals surface area contributed by atoms with E-state index in [1.807, 2.05) is 0 Å². The van der Waals surface area contributed by atoms with Crippen LogP contribution in [0.4, 0.5) is 11.5 Å². The molecule has 0 bridgehead atoms. The molecule has 1 fully saturated rings. The number of aromatic amines is 1. The van der Waals surface area contributed by atoms with Gasteiger partial charge in [0.05, 0.1) is 17.7 Å². The van der Waals surface area contributed by atoms with Crippen LogP contribution >= 0.6 is 0 Å². The van der Waals surface area contributed by atoms with Crippen LogP contribution in [0.15, 0.2) is 11.0 Å². The molecule has 6 N–H and O–H groups in total. The van der Waals surface area contributed by atoms with Gasteiger partial charge in [0.1, 0.15) is 23.6 Å². The Hall–Kier alpha value is -2.14. The molecule has 0 aliphatic carbocycles. The third-order valence-electron chi connectivity index (χ3n) is 4.62. The summed E-state index contributed by atoms with van der Waals surface area (Å²) in [6, 6.07) is 0. The Balaban J connectivity index is 1.92. The van der Waals surface area contributed by atoms with Crippen molar-refractivity contribution in [2.45, 2.75) is 31.0 Å². The van der Waals surface area contributed by atoms with Crippen LogP contribution in [-0.4, -0.2) is 67.4 Å². The lowest BCUT2D eigenvalue weighted by Crippen LogP contribution is -2.44. The molecule has 4 heterocycles. The molecule has 130 valence electrons. The Labute approximate surface area is 136 Å². The van der Waals surface area contributed by atoms with Gasteiger partial charge in [-0.2, -0.15) is 4.98 Å². The summed E-state index contributed by atoms with van der Waals surface area (Å²) >= 11 is 0. The number of aliphatic hydroxyl groups is 3. The fraction of sp³-hybridized carbons (Fsp3) is 0.571. The number of nitrogens with zero attached hydrogens (tertiary/aromatic N) is 2. The molecule has 0 aromatic carbocycles. The van der Waals surface area contributed by atoms with Crippen molar-refractivity contribution in [1.29, 1.82) is 0 Å². The van der Waals surface area contributed by atoms with E-state index in [0.29, 0.717) is 29.9 Å². The Morgan fingerprint density at radius 3 is 2.92 bits per heavy atom. The molecular weight excluding hydrogens is 318 g/mol. The Bertz CT molecular complexity index is 844. The summed E-state index contributed by atoms with van der Waals surface area (Å²) < 4.78 is 7.15. The van der Waals surface area contributed by atoms with E-state index in [1.54, 1.807) is 6.20 Å². The number of aliphatic hydroxyl groups excluding tert-OH is 2. The number of ether oxygens (including phenoxy) is 1. The van der Waals surface area contributed by atoms with Gasteiger partial charge in [-0.05, 0) is 6.92 Å². The van der Waals surface area contributed by atoms with Gasteiger partial charge in [-0.3, -0.25) is 4.98 Å². The van der Waals surface area contributed by atoms with Crippen LogP contribution in [0.25, 0.3) is 11.0 Å². The molecule has 2 aliphatic heterocycles. The van der Waals surface area contributed by atoms with Gasteiger partial charge in [-0.1, -0.05) is 0 Å². The molecule has 0 saturated carbocycles. The molecule has 2 aliphatic rings. The van der Waals surface area contributed by atoms with Crippen molar-refractivity contribution in [2.24, 2.45) is 0 Å². The van der Waals surface area contributed by atoms with Crippen LogP contribution in [0.1, 0.15) is 13.2 Å². The smallest absolute Gasteiger partial charge is 0.348 e. The second-order valence-electron chi connectivity index (χ2n) is 6.30.